The molecule has 1 fully saturated rings. The van der Waals surface area contributed by atoms with Crippen molar-refractivity contribution >= 4 is 11.9 Å². The van der Waals surface area contributed by atoms with E-state index in [0.717, 1.165) is 22.4 Å². The van der Waals surface area contributed by atoms with E-state index >= 15 is 0 Å². The molecule has 0 radical (unpaired) electrons. The van der Waals surface area contributed by atoms with Crippen LogP contribution in [0.1, 0.15) is 42.0 Å². The van der Waals surface area contributed by atoms with Crippen molar-refractivity contribution in [3.05, 3.63) is 101 Å². The van der Waals surface area contributed by atoms with Crippen LogP contribution in [0.25, 0.3) is 0 Å². The van der Waals surface area contributed by atoms with Crippen LogP contribution in [0, 0.1) is 5.82 Å². The van der Waals surface area contributed by atoms with Crippen LogP contribution in [0.15, 0.2) is 78.9 Å². The van der Waals surface area contributed by atoms with E-state index in [1.54, 1.807) is 25.1 Å². The van der Waals surface area contributed by atoms with Gasteiger partial charge in [-0.25, -0.2) is 9.18 Å². The molecule has 0 aliphatic carbocycles. The zero-order chi connectivity index (χ0) is 24.2. The molecule has 6 heteroatoms. The van der Waals surface area contributed by atoms with Crippen molar-refractivity contribution in [2.45, 2.75) is 37.8 Å². The van der Waals surface area contributed by atoms with Crippen molar-refractivity contribution in [3.63, 3.8) is 0 Å². The SMILES string of the molecule is COc1ccc(C[C@@H](CC(=O)N2C(=O)N(C)C(C)[C@@H]2c2ccccc2)c2cccc(F)c2)cc1. The molecule has 3 aromatic rings. The van der Waals surface area contributed by atoms with Gasteiger partial charge in [-0.3, -0.25) is 9.69 Å². The fourth-order valence-electron chi connectivity index (χ4n) is 4.65. The van der Waals surface area contributed by atoms with E-state index in [1.807, 2.05) is 67.6 Å². The first-order chi connectivity index (χ1) is 16.4. The molecule has 4 rings (SSSR count). The molecule has 0 aromatic heterocycles. The van der Waals surface area contributed by atoms with E-state index in [2.05, 4.69) is 0 Å². The Kier molecular flexibility index (Phi) is 6.96. The molecule has 1 saturated heterocycles. The summed E-state index contributed by atoms with van der Waals surface area (Å²) in [6, 6.07) is 22.7. The van der Waals surface area contributed by atoms with Crippen LogP contribution >= 0.6 is 0 Å². The van der Waals surface area contributed by atoms with Crippen molar-refractivity contribution in [1.82, 2.24) is 9.80 Å². The summed E-state index contributed by atoms with van der Waals surface area (Å²) in [6.07, 6.45) is 0.619. The van der Waals surface area contributed by atoms with Gasteiger partial charge < -0.3 is 9.64 Å². The Morgan fingerprint density at radius 3 is 2.38 bits per heavy atom. The zero-order valence-electron chi connectivity index (χ0n) is 19.6. The third-order valence-corrected chi connectivity index (χ3v) is 6.65. The molecule has 0 bridgehead atoms. The molecular formula is C28H29FN2O3. The van der Waals surface area contributed by atoms with Crippen LogP contribution < -0.4 is 4.74 Å². The maximum absolute atomic E-state index is 14.1. The molecule has 1 aliphatic rings. The first-order valence-corrected chi connectivity index (χ1v) is 11.4. The molecule has 34 heavy (non-hydrogen) atoms. The lowest BCUT2D eigenvalue weighted by Gasteiger charge is -2.26. The lowest BCUT2D eigenvalue weighted by Crippen LogP contribution is -2.37. The van der Waals surface area contributed by atoms with Crippen molar-refractivity contribution < 1.29 is 18.7 Å². The van der Waals surface area contributed by atoms with E-state index in [-0.39, 0.29) is 42.2 Å². The summed E-state index contributed by atoms with van der Waals surface area (Å²) in [5.74, 6) is -0.162. The molecule has 3 atom stereocenters. The van der Waals surface area contributed by atoms with Crippen molar-refractivity contribution in [1.29, 1.82) is 0 Å². The normalized spacial score (nSPS) is 18.8. The van der Waals surface area contributed by atoms with Gasteiger partial charge in [-0.05, 0) is 60.2 Å². The number of rotatable bonds is 7. The summed E-state index contributed by atoms with van der Waals surface area (Å²) in [7, 11) is 3.33. The number of carbonyl (C=O) groups excluding carboxylic acids is 2. The second-order valence-electron chi connectivity index (χ2n) is 8.76. The zero-order valence-corrected chi connectivity index (χ0v) is 19.6. The van der Waals surface area contributed by atoms with Gasteiger partial charge in [0.15, 0.2) is 0 Å². The molecule has 0 N–H and O–H groups in total. The summed E-state index contributed by atoms with van der Waals surface area (Å²) in [5.41, 5.74) is 2.65. The summed E-state index contributed by atoms with van der Waals surface area (Å²) in [6.45, 7) is 1.95. The van der Waals surface area contributed by atoms with E-state index in [0.29, 0.717) is 6.42 Å². The fourth-order valence-corrected chi connectivity index (χ4v) is 4.65. The Morgan fingerprint density at radius 2 is 1.74 bits per heavy atom. The molecule has 1 aliphatic heterocycles. The summed E-state index contributed by atoms with van der Waals surface area (Å²) in [4.78, 5) is 29.7. The fraction of sp³-hybridized carbons (Fsp3) is 0.286. The van der Waals surface area contributed by atoms with Gasteiger partial charge in [0.1, 0.15) is 11.6 Å². The van der Waals surface area contributed by atoms with E-state index in [1.165, 1.54) is 17.0 Å². The van der Waals surface area contributed by atoms with Gasteiger partial charge in [0.05, 0.1) is 19.2 Å². The van der Waals surface area contributed by atoms with Crippen LogP contribution in [0.2, 0.25) is 0 Å². The minimum absolute atomic E-state index is 0.0884. The van der Waals surface area contributed by atoms with Crippen molar-refractivity contribution in [2.75, 3.05) is 14.2 Å². The van der Waals surface area contributed by atoms with Gasteiger partial charge in [-0.2, -0.15) is 0 Å². The predicted molar refractivity (Wildman–Crippen MR) is 129 cm³/mol. The number of urea groups is 1. The summed E-state index contributed by atoms with van der Waals surface area (Å²) < 4.78 is 19.3. The molecule has 1 unspecified atom stereocenters. The monoisotopic (exact) mass is 460 g/mol. The highest BCUT2D eigenvalue weighted by Crippen LogP contribution is 2.36. The number of halogens is 1. The highest BCUT2D eigenvalue weighted by Gasteiger charge is 2.45. The highest BCUT2D eigenvalue weighted by molar-refractivity contribution is 5.97. The van der Waals surface area contributed by atoms with Crippen LogP contribution in [-0.4, -0.2) is 41.9 Å². The number of imide groups is 1. The second-order valence-corrected chi connectivity index (χ2v) is 8.76. The minimum atomic E-state index is -0.375. The molecule has 0 spiro atoms. The highest BCUT2D eigenvalue weighted by atomic mass is 19.1. The first-order valence-electron chi connectivity index (χ1n) is 11.4. The average Bonchev–Trinajstić information content (AvgIpc) is 3.08. The van der Waals surface area contributed by atoms with Crippen molar-refractivity contribution in [2.24, 2.45) is 0 Å². The lowest BCUT2D eigenvalue weighted by molar-refractivity contribution is -0.129. The number of methoxy groups -OCH3 is 1. The number of hydrogen-bond donors (Lipinski definition) is 0. The number of nitrogens with zero attached hydrogens (tertiary/aromatic N) is 2. The van der Waals surface area contributed by atoms with E-state index in [4.69, 9.17) is 4.74 Å². The molecule has 176 valence electrons. The number of carbonyl (C=O) groups is 2. The number of amides is 3. The molecular weight excluding hydrogens is 431 g/mol. The molecule has 3 amide bonds. The van der Waals surface area contributed by atoms with Gasteiger partial charge >= 0.3 is 6.03 Å². The van der Waals surface area contributed by atoms with Crippen LogP contribution in [0.3, 0.4) is 0 Å². The van der Waals surface area contributed by atoms with Crippen molar-refractivity contribution in [3.8, 4) is 5.75 Å². The Bertz CT molecular complexity index is 1150. The summed E-state index contributed by atoms with van der Waals surface area (Å²) in [5, 5.41) is 0. The van der Waals surface area contributed by atoms with Gasteiger partial charge in [-0.1, -0.05) is 54.6 Å². The standard InChI is InChI=1S/C28H29FN2O3/c1-19-27(21-8-5-4-6-9-21)31(28(33)30(19)2)26(32)18-23(22-10-7-11-24(29)17-22)16-20-12-14-25(34-3)15-13-20/h4-15,17,19,23,27H,16,18H2,1-3H3/t19?,23-,27+/m0/s1. The quantitative estimate of drug-likeness (QED) is 0.463. The maximum atomic E-state index is 14.1. The third-order valence-electron chi connectivity index (χ3n) is 6.65. The molecule has 3 aromatic carbocycles. The first kappa shape index (κ1) is 23.5. The Morgan fingerprint density at radius 1 is 1.03 bits per heavy atom. The minimum Gasteiger partial charge on any atom is -0.497 e. The van der Waals surface area contributed by atoms with Gasteiger partial charge in [0.2, 0.25) is 5.91 Å². The molecule has 0 saturated carbocycles. The smallest absolute Gasteiger partial charge is 0.327 e. The molecule has 5 nitrogen and oxygen atoms in total. The maximum Gasteiger partial charge on any atom is 0.327 e. The largest absolute Gasteiger partial charge is 0.497 e. The topological polar surface area (TPSA) is 49.9 Å². The van der Waals surface area contributed by atoms with Gasteiger partial charge in [0.25, 0.3) is 0 Å². The Balaban J connectivity index is 1.64. The molecule has 1 heterocycles. The van der Waals surface area contributed by atoms with Crippen LogP contribution in [-0.2, 0) is 11.2 Å². The van der Waals surface area contributed by atoms with Crippen LogP contribution in [0.4, 0.5) is 9.18 Å². The van der Waals surface area contributed by atoms with E-state index in [9.17, 15) is 14.0 Å². The second kappa shape index (κ2) is 10.1. The number of benzene rings is 3. The number of likely N-dealkylation sites (N-methyl/N-ethyl adjacent to an activating group) is 1. The number of hydrogen-bond acceptors (Lipinski definition) is 3. The summed E-state index contributed by atoms with van der Waals surface area (Å²) >= 11 is 0. The van der Waals surface area contributed by atoms with Crippen LogP contribution in [0.5, 0.6) is 5.75 Å². The predicted octanol–water partition coefficient (Wildman–Crippen LogP) is 5.57. The van der Waals surface area contributed by atoms with Gasteiger partial charge in [-0.15, -0.1) is 0 Å². The third kappa shape index (κ3) is 4.81. The lowest BCUT2D eigenvalue weighted by atomic mass is 9.88. The Labute approximate surface area is 199 Å². The number of ether oxygens (including phenoxy) is 1. The van der Waals surface area contributed by atoms with E-state index < -0.39 is 0 Å². The average molecular weight is 461 g/mol. The van der Waals surface area contributed by atoms with Gasteiger partial charge in [0, 0.05) is 13.5 Å². The Hall–Kier alpha value is -3.67.